The van der Waals surface area contributed by atoms with Crippen molar-refractivity contribution in [2.75, 3.05) is 7.11 Å². The summed E-state index contributed by atoms with van der Waals surface area (Å²) in [6.45, 7) is 0. The van der Waals surface area contributed by atoms with E-state index in [0.29, 0.717) is 11.3 Å². The highest BCUT2D eigenvalue weighted by molar-refractivity contribution is 5.37. The van der Waals surface area contributed by atoms with E-state index in [1.54, 1.807) is 12.1 Å². The molecule has 1 saturated carbocycles. The Morgan fingerprint density at radius 1 is 1.13 bits per heavy atom. The Balaban J connectivity index is 2.30. The molecule has 0 bridgehead atoms. The van der Waals surface area contributed by atoms with E-state index in [9.17, 15) is 13.2 Å². The van der Waals surface area contributed by atoms with E-state index >= 15 is 0 Å². The molecule has 2 rings (SSSR count). The number of methoxy groups -OCH3 is 1. The molecule has 1 aromatic rings. The van der Waals surface area contributed by atoms with Crippen LogP contribution in [0.5, 0.6) is 5.75 Å². The molecule has 1 fully saturated rings. The molecule has 0 radical (unpaired) electrons. The minimum absolute atomic E-state index is 0.197. The van der Waals surface area contributed by atoms with E-state index in [0.717, 1.165) is 0 Å². The van der Waals surface area contributed by atoms with Crippen molar-refractivity contribution < 1.29 is 17.9 Å². The van der Waals surface area contributed by atoms with E-state index in [-0.39, 0.29) is 12.8 Å². The van der Waals surface area contributed by atoms with Crippen LogP contribution in [0.4, 0.5) is 13.2 Å². The molecule has 0 heterocycles. The fourth-order valence-corrected chi connectivity index (χ4v) is 1.77. The predicted molar refractivity (Wildman–Crippen MR) is 50.0 cm³/mol. The third kappa shape index (κ3) is 1.58. The first kappa shape index (κ1) is 10.3. The number of halogens is 3. The maximum Gasteiger partial charge on any atom is 0.398 e. The number of benzene rings is 1. The number of hydrogen-bond acceptors (Lipinski definition) is 1. The van der Waals surface area contributed by atoms with Crippen LogP contribution in [0.1, 0.15) is 18.4 Å². The molecule has 0 saturated heterocycles. The van der Waals surface area contributed by atoms with Gasteiger partial charge in [0.25, 0.3) is 0 Å². The highest BCUT2D eigenvalue weighted by Crippen LogP contribution is 2.58. The Labute approximate surface area is 85.9 Å². The molecule has 1 nitrogen and oxygen atoms in total. The summed E-state index contributed by atoms with van der Waals surface area (Å²) < 4.78 is 43.1. The number of hydrogen-bond donors (Lipinski definition) is 0. The van der Waals surface area contributed by atoms with E-state index in [1.165, 1.54) is 19.2 Å². The zero-order valence-electron chi connectivity index (χ0n) is 8.27. The molecule has 0 N–H and O–H groups in total. The zero-order valence-corrected chi connectivity index (χ0v) is 8.27. The SMILES string of the molecule is COc1ccc(C2(C(F)(F)F)CC2)cc1. The van der Waals surface area contributed by atoms with Gasteiger partial charge in [-0.3, -0.25) is 0 Å². The molecule has 4 heteroatoms. The van der Waals surface area contributed by atoms with Gasteiger partial charge in [0, 0.05) is 0 Å². The summed E-state index contributed by atoms with van der Waals surface area (Å²) in [5, 5.41) is 0. The summed E-state index contributed by atoms with van der Waals surface area (Å²) in [6, 6.07) is 6.14. The average Bonchev–Trinajstić information content (AvgIpc) is 2.98. The highest BCUT2D eigenvalue weighted by atomic mass is 19.4. The van der Waals surface area contributed by atoms with Crippen LogP contribution in [0.15, 0.2) is 24.3 Å². The summed E-state index contributed by atoms with van der Waals surface area (Å²) >= 11 is 0. The second kappa shape index (κ2) is 3.15. The van der Waals surface area contributed by atoms with Crippen LogP contribution in [0.25, 0.3) is 0 Å². The van der Waals surface area contributed by atoms with Gasteiger partial charge in [-0.1, -0.05) is 12.1 Å². The zero-order chi connectivity index (χ0) is 11.1. The molecule has 1 aromatic carbocycles. The van der Waals surface area contributed by atoms with Crippen molar-refractivity contribution in [2.24, 2.45) is 0 Å². The summed E-state index contributed by atoms with van der Waals surface area (Å²) in [4.78, 5) is 0. The van der Waals surface area contributed by atoms with Crippen LogP contribution in [-0.2, 0) is 5.41 Å². The maximum atomic E-state index is 12.7. The Hall–Kier alpha value is -1.19. The first-order chi connectivity index (χ1) is 6.99. The van der Waals surface area contributed by atoms with Crippen molar-refractivity contribution in [1.82, 2.24) is 0 Å². The van der Waals surface area contributed by atoms with Gasteiger partial charge in [0.15, 0.2) is 0 Å². The van der Waals surface area contributed by atoms with Gasteiger partial charge in [0.05, 0.1) is 12.5 Å². The van der Waals surface area contributed by atoms with Gasteiger partial charge in [0.1, 0.15) is 5.75 Å². The lowest BCUT2D eigenvalue weighted by Crippen LogP contribution is -2.28. The lowest BCUT2D eigenvalue weighted by atomic mass is 9.95. The molecule has 15 heavy (non-hydrogen) atoms. The van der Waals surface area contributed by atoms with Crippen molar-refractivity contribution in [2.45, 2.75) is 24.4 Å². The summed E-state index contributed by atoms with van der Waals surface area (Å²) in [7, 11) is 1.49. The molecule has 0 spiro atoms. The summed E-state index contributed by atoms with van der Waals surface area (Å²) in [6.07, 6.45) is -3.74. The van der Waals surface area contributed by atoms with Crippen LogP contribution in [-0.4, -0.2) is 13.3 Å². The van der Waals surface area contributed by atoms with Gasteiger partial charge in [-0.15, -0.1) is 0 Å². The third-order valence-electron chi connectivity index (χ3n) is 2.94. The van der Waals surface area contributed by atoms with Crippen LogP contribution < -0.4 is 4.74 Å². The summed E-state index contributed by atoms with van der Waals surface area (Å²) in [5.41, 5.74) is -1.24. The largest absolute Gasteiger partial charge is 0.497 e. The fourth-order valence-electron chi connectivity index (χ4n) is 1.77. The number of rotatable bonds is 2. The third-order valence-corrected chi connectivity index (χ3v) is 2.94. The quantitative estimate of drug-likeness (QED) is 0.737. The minimum atomic E-state index is -4.14. The Morgan fingerprint density at radius 3 is 2.00 bits per heavy atom. The smallest absolute Gasteiger partial charge is 0.398 e. The van der Waals surface area contributed by atoms with Crippen molar-refractivity contribution in [3.05, 3.63) is 29.8 Å². The fraction of sp³-hybridized carbons (Fsp3) is 0.455. The minimum Gasteiger partial charge on any atom is -0.497 e. The van der Waals surface area contributed by atoms with Gasteiger partial charge in [-0.2, -0.15) is 13.2 Å². The first-order valence-corrected chi connectivity index (χ1v) is 4.71. The van der Waals surface area contributed by atoms with E-state index in [1.807, 2.05) is 0 Å². The molecular formula is C11H11F3O. The highest BCUT2D eigenvalue weighted by Gasteiger charge is 2.64. The summed E-state index contributed by atoms with van der Waals surface area (Å²) in [5.74, 6) is 0.580. The Bertz CT molecular complexity index is 349. The first-order valence-electron chi connectivity index (χ1n) is 4.71. The average molecular weight is 216 g/mol. The monoisotopic (exact) mass is 216 g/mol. The van der Waals surface area contributed by atoms with Crippen molar-refractivity contribution >= 4 is 0 Å². The van der Waals surface area contributed by atoms with Crippen molar-refractivity contribution in [1.29, 1.82) is 0 Å². The topological polar surface area (TPSA) is 9.23 Å². The maximum absolute atomic E-state index is 12.7. The molecule has 0 amide bonds. The molecule has 82 valence electrons. The van der Waals surface area contributed by atoms with Crippen LogP contribution in [0.2, 0.25) is 0 Å². The van der Waals surface area contributed by atoms with Gasteiger partial charge in [0.2, 0.25) is 0 Å². The Kier molecular flexibility index (Phi) is 2.17. The van der Waals surface area contributed by atoms with Gasteiger partial charge >= 0.3 is 6.18 Å². The van der Waals surface area contributed by atoms with E-state index in [4.69, 9.17) is 4.74 Å². The lowest BCUT2D eigenvalue weighted by Gasteiger charge is -2.19. The van der Waals surface area contributed by atoms with E-state index in [2.05, 4.69) is 0 Å². The molecule has 0 unspecified atom stereocenters. The molecule has 0 aromatic heterocycles. The molecule has 1 aliphatic carbocycles. The predicted octanol–water partition coefficient (Wildman–Crippen LogP) is 3.29. The number of ether oxygens (including phenoxy) is 1. The second-order valence-electron chi connectivity index (χ2n) is 3.81. The van der Waals surface area contributed by atoms with E-state index < -0.39 is 11.6 Å². The van der Waals surface area contributed by atoms with Crippen molar-refractivity contribution in [3.8, 4) is 5.75 Å². The molecule has 1 aliphatic rings. The van der Waals surface area contributed by atoms with Gasteiger partial charge in [-0.05, 0) is 30.5 Å². The Morgan fingerprint density at radius 2 is 1.67 bits per heavy atom. The van der Waals surface area contributed by atoms with Gasteiger partial charge < -0.3 is 4.74 Å². The van der Waals surface area contributed by atoms with Gasteiger partial charge in [-0.25, -0.2) is 0 Å². The van der Waals surface area contributed by atoms with Crippen LogP contribution in [0.3, 0.4) is 0 Å². The van der Waals surface area contributed by atoms with Crippen LogP contribution in [0, 0.1) is 0 Å². The second-order valence-corrected chi connectivity index (χ2v) is 3.81. The molecule has 0 aliphatic heterocycles. The molecular weight excluding hydrogens is 205 g/mol. The normalized spacial score (nSPS) is 18.7. The van der Waals surface area contributed by atoms with Crippen LogP contribution >= 0.6 is 0 Å². The lowest BCUT2D eigenvalue weighted by molar-refractivity contribution is -0.160. The standard InChI is InChI=1S/C11H11F3O/c1-15-9-4-2-8(3-5-9)10(6-7-10)11(12,13)14/h2-5H,6-7H2,1H3. The van der Waals surface area contributed by atoms with Crippen molar-refractivity contribution in [3.63, 3.8) is 0 Å². The molecule has 0 atom stereocenters. The number of alkyl halides is 3.